The summed E-state index contributed by atoms with van der Waals surface area (Å²) >= 11 is 0. The minimum atomic E-state index is -0.228. The molecule has 2 N–H and O–H groups in total. The second-order valence-electron chi connectivity index (χ2n) is 5.91. The number of rotatable bonds is 5. The molecule has 0 aromatic heterocycles. The lowest BCUT2D eigenvalue weighted by Gasteiger charge is -2.21. The molecule has 0 radical (unpaired) electrons. The molecule has 0 saturated heterocycles. The average molecular weight is 266 g/mol. The number of hydrogen-bond acceptors (Lipinski definition) is 2. The zero-order valence-corrected chi connectivity index (χ0v) is 12.1. The number of hydrogen-bond donors (Lipinski definition) is 2. The lowest BCUT2D eigenvalue weighted by Crippen LogP contribution is -2.46. The van der Waals surface area contributed by atoms with E-state index in [0.29, 0.717) is 6.54 Å². The van der Waals surface area contributed by atoms with Crippen LogP contribution in [0.25, 0.3) is 0 Å². The number of carbonyl (C=O) groups excluding carboxylic acids is 1. The van der Waals surface area contributed by atoms with Crippen molar-refractivity contribution in [2.45, 2.75) is 45.7 Å². The molecule has 3 nitrogen and oxygen atoms in total. The monoisotopic (exact) mass is 266 g/mol. The van der Waals surface area contributed by atoms with Crippen LogP contribution in [0.15, 0.2) is 24.3 Å². The summed E-state index contributed by atoms with van der Waals surface area (Å²) in [6, 6.07) is 6.60. The highest BCUT2D eigenvalue weighted by atomic mass is 19.1. The molecule has 0 aliphatic carbocycles. The van der Waals surface area contributed by atoms with Gasteiger partial charge in [0.2, 0.25) is 5.91 Å². The molecule has 0 spiro atoms. The Kier molecular flexibility index (Phi) is 5.48. The second kappa shape index (κ2) is 6.66. The minimum Gasteiger partial charge on any atom is -0.350 e. The highest BCUT2D eigenvalue weighted by molar-refractivity contribution is 5.78. The highest BCUT2D eigenvalue weighted by Gasteiger charge is 2.14. The molecule has 0 saturated carbocycles. The van der Waals surface area contributed by atoms with Gasteiger partial charge in [-0.1, -0.05) is 12.1 Å². The Morgan fingerprint density at radius 1 is 1.26 bits per heavy atom. The van der Waals surface area contributed by atoms with Crippen LogP contribution in [0.2, 0.25) is 0 Å². The fourth-order valence-corrected chi connectivity index (χ4v) is 1.78. The summed E-state index contributed by atoms with van der Waals surface area (Å²) < 4.78 is 12.8. The van der Waals surface area contributed by atoms with Gasteiger partial charge in [-0.25, -0.2) is 4.39 Å². The van der Waals surface area contributed by atoms with Gasteiger partial charge >= 0.3 is 0 Å². The molecule has 1 aromatic carbocycles. The summed E-state index contributed by atoms with van der Waals surface area (Å²) in [6.45, 7) is 8.15. The van der Waals surface area contributed by atoms with Crippen LogP contribution >= 0.6 is 0 Å². The third-order valence-electron chi connectivity index (χ3n) is 2.58. The van der Waals surface area contributed by atoms with Crippen molar-refractivity contribution in [3.05, 3.63) is 35.6 Å². The van der Waals surface area contributed by atoms with E-state index >= 15 is 0 Å². The molecule has 1 unspecified atom stereocenters. The molecule has 106 valence electrons. The fraction of sp³-hybridized carbons (Fsp3) is 0.533. The Morgan fingerprint density at radius 2 is 1.84 bits per heavy atom. The van der Waals surface area contributed by atoms with Gasteiger partial charge in [0.1, 0.15) is 5.82 Å². The molecule has 0 bridgehead atoms. The zero-order valence-electron chi connectivity index (χ0n) is 12.1. The van der Waals surface area contributed by atoms with E-state index in [4.69, 9.17) is 0 Å². The first kappa shape index (κ1) is 15.6. The number of nitrogens with one attached hydrogen (secondary N) is 2. The van der Waals surface area contributed by atoms with Crippen LogP contribution in [0.3, 0.4) is 0 Å². The zero-order chi connectivity index (χ0) is 14.5. The molecule has 0 heterocycles. The van der Waals surface area contributed by atoms with Crippen LogP contribution in [0.4, 0.5) is 4.39 Å². The summed E-state index contributed by atoms with van der Waals surface area (Å²) in [7, 11) is 0. The summed E-state index contributed by atoms with van der Waals surface area (Å²) in [5.41, 5.74) is 0.844. The molecular weight excluding hydrogens is 243 g/mol. The van der Waals surface area contributed by atoms with Crippen LogP contribution in [-0.4, -0.2) is 24.0 Å². The molecule has 1 aromatic rings. The van der Waals surface area contributed by atoms with Gasteiger partial charge in [0.25, 0.3) is 0 Å². The third-order valence-corrected chi connectivity index (χ3v) is 2.58. The quantitative estimate of drug-likeness (QED) is 0.858. The SMILES string of the molecule is CC(Cc1ccc(F)cc1)NCC(=O)NC(C)(C)C. The van der Waals surface area contributed by atoms with Crippen LogP contribution in [-0.2, 0) is 11.2 Å². The van der Waals surface area contributed by atoms with Crippen molar-refractivity contribution < 1.29 is 9.18 Å². The van der Waals surface area contributed by atoms with E-state index < -0.39 is 0 Å². The van der Waals surface area contributed by atoms with Crippen molar-refractivity contribution in [2.24, 2.45) is 0 Å². The summed E-state index contributed by atoms with van der Waals surface area (Å²) in [4.78, 5) is 11.6. The first-order valence-corrected chi connectivity index (χ1v) is 6.55. The fourth-order valence-electron chi connectivity index (χ4n) is 1.78. The summed E-state index contributed by atoms with van der Waals surface area (Å²) in [5.74, 6) is -0.243. The molecule has 0 aliphatic heterocycles. The Labute approximate surface area is 114 Å². The first-order valence-electron chi connectivity index (χ1n) is 6.55. The highest BCUT2D eigenvalue weighted by Crippen LogP contribution is 2.05. The molecular formula is C15H23FN2O. The van der Waals surface area contributed by atoms with Crippen LogP contribution in [0.5, 0.6) is 0 Å². The van der Waals surface area contributed by atoms with Crippen LogP contribution in [0.1, 0.15) is 33.3 Å². The van der Waals surface area contributed by atoms with Crippen LogP contribution < -0.4 is 10.6 Å². The van der Waals surface area contributed by atoms with E-state index in [9.17, 15) is 9.18 Å². The second-order valence-corrected chi connectivity index (χ2v) is 5.91. The van der Waals surface area contributed by atoms with E-state index in [1.807, 2.05) is 27.7 Å². The van der Waals surface area contributed by atoms with E-state index in [2.05, 4.69) is 10.6 Å². The molecule has 0 aliphatic rings. The van der Waals surface area contributed by atoms with Gasteiger partial charge in [-0.2, -0.15) is 0 Å². The normalized spacial score (nSPS) is 13.1. The summed E-state index contributed by atoms with van der Waals surface area (Å²) in [6.07, 6.45) is 0.767. The molecule has 4 heteroatoms. The number of amides is 1. The van der Waals surface area contributed by atoms with Gasteiger partial charge in [-0.05, 0) is 51.8 Å². The van der Waals surface area contributed by atoms with Gasteiger partial charge in [-0.15, -0.1) is 0 Å². The van der Waals surface area contributed by atoms with Crippen molar-refractivity contribution in [3.63, 3.8) is 0 Å². The predicted octanol–water partition coefficient (Wildman–Crippen LogP) is 2.26. The first-order chi connectivity index (χ1) is 8.76. The smallest absolute Gasteiger partial charge is 0.234 e. The number of benzene rings is 1. The molecule has 0 fully saturated rings. The topological polar surface area (TPSA) is 41.1 Å². The number of halogens is 1. The van der Waals surface area contributed by atoms with E-state index in [1.165, 1.54) is 12.1 Å². The van der Waals surface area contributed by atoms with E-state index in [1.54, 1.807) is 12.1 Å². The Hall–Kier alpha value is -1.42. The van der Waals surface area contributed by atoms with E-state index in [0.717, 1.165) is 12.0 Å². The van der Waals surface area contributed by atoms with Crippen molar-refractivity contribution in [1.82, 2.24) is 10.6 Å². The maximum atomic E-state index is 12.8. The van der Waals surface area contributed by atoms with Gasteiger partial charge < -0.3 is 10.6 Å². The van der Waals surface area contributed by atoms with Crippen molar-refractivity contribution in [3.8, 4) is 0 Å². The maximum Gasteiger partial charge on any atom is 0.234 e. The molecule has 19 heavy (non-hydrogen) atoms. The van der Waals surface area contributed by atoms with Crippen LogP contribution in [0, 0.1) is 5.82 Å². The molecule has 1 atom stereocenters. The van der Waals surface area contributed by atoms with Gasteiger partial charge in [-0.3, -0.25) is 4.79 Å². The van der Waals surface area contributed by atoms with Crippen molar-refractivity contribution in [1.29, 1.82) is 0 Å². The number of carbonyl (C=O) groups is 1. The van der Waals surface area contributed by atoms with Gasteiger partial charge in [0, 0.05) is 11.6 Å². The third kappa shape index (κ3) is 6.91. The Bertz CT molecular complexity index is 409. The Balaban J connectivity index is 2.33. The maximum absolute atomic E-state index is 12.8. The average Bonchev–Trinajstić information content (AvgIpc) is 2.27. The standard InChI is InChI=1S/C15H23FN2O/c1-11(9-12-5-7-13(16)8-6-12)17-10-14(19)18-15(2,3)4/h5-8,11,17H,9-10H2,1-4H3,(H,18,19). The van der Waals surface area contributed by atoms with E-state index in [-0.39, 0.29) is 23.3 Å². The lowest BCUT2D eigenvalue weighted by atomic mass is 10.1. The largest absolute Gasteiger partial charge is 0.350 e. The lowest BCUT2D eigenvalue weighted by molar-refractivity contribution is -0.121. The Morgan fingerprint density at radius 3 is 2.37 bits per heavy atom. The molecule has 1 amide bonds. The van der Waals surface area contributed by atoms with Gasteiger partial charge in [0.05, 0.1) is 6.54 Å². The van der Waals surface area contributed by atoms with Gasteiger partial charge in [0.15, 0.2) is 0 Å². The van der Waals surface area contributed by atoms with Crippen molar-refractivity contribution >= 4 is 5.91 Å². The summed E-state index contributed by atoms with van der Waals surface area (Å²) in [5, 5.41) is 6.06. The minimum absolute atomic E-state index is 0.0153. The van der Waals surface area contributed by atoms with Crippen molar-refractivity contribution in [2.75, 3.05) is 6.54 Å². The predicted molar refractivity (Wildman–Crippen MR) is 75.5 cm³/mol. The molecule has 1 rings (SSSR count).